The highest BCUT2D eigenvalue weighted by atomic mass is 19.1. The number of fused-ring (bicyclic) bond motifs is 2. The van der Waals surface area contributed by atoms with Gasteiger partial charge < -0.3 is 9.30 Å². The monoisotopic (exact) mass is 337 g/mol. The van der Waals surface area contributed by atoms with Gasteiger partial charge in [-0.15, -0.1) is 0 Å². The van der Waals surface area contributed by atoms with Gasteiger partial charge in [-0.2, -0.15) is 0 Å². The average molecular weight is 337 g/mol. The Morgan fingerprint density at radius 1 is 1.20 bits per heavy atom. The second-order valence-electron chi connectivity index (χ2n) is 6.22. The lowest BCUT2D eigenvalue weighted by Crippen LogP contribution is -2.30. The van der Waals surface area contributed by atoms with Gasteiger partial charge in [0.05, 0.1) is 12.1 Å². The average Bonchev–Trinajstić information content (AvgIpc) is 3.16. The fraction of sp³-hybridized carbons (Fsp3) is 0.211. The zero-order valence-corrected chi connectivity index (χ0v) is 13.7. The third-order valence-corrected chi connectivity index (χ3v) is 4.48. The van der Waals surface area contributed by atoms with Crippen LogP contribution >= 0.6 is 0 Å². The molecule has 2 aromatic heterocycles. The maximum Gasteiger partial charge on any atom is 0.233 e. The Bertz CT molecular complexity index is 1010. The molecule has 0 fully saturated rings. The van der Waals surface area contributed by atoms with Gasteiger partial charge in [0, 0.05) is 30.2 Å². The van der Waals surface area contributed by atoms with Crippen LogP contribution in [0.3, 0.4) is 0 Å². The van der Waals surface area contributed by atoms with Crippen LogP contribution in [0, 0.1) is 5.82 Å². The molecule has 0 saturated carbocycles. The fourth-order valence-electron chi connectivity index (χ4n) is 3.23. The largest absolute Gasteiger partial charge is 0.311 e. The number of imidazole rings is 1. The van der Waals surface area contributed by atoms with Gasteiger partial charge in [0.25, 0.3) is 0 Å². The highest BCUT2D eigenvalue weighted by Gasteiger charge is 2.25. The van der Waals surface area contributed by atoms with Gasteiger partial charge in [0.2, 0.25) is 5.91 Å². The van der Waals surface area contributed by atoms with Gasteiger partial charge in [0.15, 0.2) is 5.78 Å². The number of benzene rings is 1. The zero-order valence-electron chi connectivity index (χ0n) is 13.7. The van der Waals surface area contributed by atoms with E-state index in [0.717, 1.165) is 17.7 Å². The first-order valence-corrected chi connectivity index (χ1v) is 8.08. The maximum atomic E-state index is 13.3. The molecule has 0 unspecified atom stereocenters. The van der Waals surface area contributed by atoms with Crippen molar-refractivity contribution >= 4 is 23.0 Å². The molecule has 1 aromatic carbocycles. The van der Waals surface area contributed by atoms with E-state index in [2.05, 4.69) is 4.98 Å². The lowest BCUT2D eigenvalue weighted by Gasteiger charge is -2.16. The number of amides is 1. The number of carbonyl (C=O) groups is 2. The van der Waals surface area contributed by atoms with E-state index >= 15 is 0 Å². The Morgan fingerprint density at radius 2 is 2.04 bits per heavy atom. The molecule has 6 heteroatoms. The topological polar surface area (TPSA) is 54.7 Å². The Hall–Kier alpha value is -3.02. The van der Waals surface area contributed by atoms with Gasteiger partial charge in [-0.3, -0.25) is 9.59 Å². The van der Waals surface area contributed by atoms with Gasteiger partial charge >= 0.3 is 0 Å². The first-order chi connectivity index (χ1) is 12.0. The van der Waals surface area contributed by atoms with Crippen LogP contribution < -0.4 is 4.90 Å². The summed E-state index contributed by atoms with van der Waals surface area (Å²) in [5.74, 6) is -0.389. The molecule has 1 aliphatic rings. The molecule has 25 heavy (non-hydrogen) atoms. The minimum absolute atomic E-state index is 0.0181. The van der Waals surface area contributed by atoms with E-state index in [1.807, 2.05) is 12.1 Å². The van der Waals surface area contributed by atoms with Gasteiger partial charge in [-0.05, 0) is 49.2 Å². The minimum Gasteiger partial charge on any atom is -0.311 e. The van der Waals surface area contributed by atoms with E-state index < -0.39 is 0 Å². The third kappa shape index (κ3) is 2.80. The molecule has 1 amide bonds. The van der Waals surface area contributed by atoms with Crippen LogP contribution in [0.4, 0.5) is 10.1 Å². The van der Waals surface area contributed by atoms with Crippen molar-refractivity contribution in [2.24, 2.45) is 0 Å². The molecule has 3 heterocycles. The summed E-state index contributed by atoms with van der Waals surface area (Å²) in [6.07, 6.45) is 3.90. The number of carbonyl (C=O) groups excluding carboxylic acids is 2. The van der Waals surface area contributed by atoms with Crippen molar-refractivity contribution in [2.45, 2.75) is 19.8 Å². The van der Waals surface area contributed by atoms with E-state index in [0.29, 0.717) is 23.4 Å². The summed E-state index contributed by atoms with van der Waals surface area (Å²) < 4.78 is 14.8. The number of ketones is 1. The SMILES string of the molecule is CC(=O)c1ccc2c(c1)CCN2C(=O)Cc1cn2cc(F)ccc2n1. The van der Waals surface area contributed by atoms with E-state index in [1.54, 1.807) is 27.6 Å². The predicted octanol–water partition coefficient (Wildman–Crippen LogP) is 2.81. The van der Waals surface area contributed by atoms with Crippen LogP contribution in [-0.4, -0.2) is 27.6 Å². The molecule has 0 bridgehead atoms. The second-order valence-corrected chi connectivity index (χ2v) is 6.22. The number of hydrogen-bond donors (Lipinski definition) is 0. The van der Waals surface area contributed by atoms with Gasteiger partial charge in [-0.25, -0.2) is 9.37 Å². The standard InChI is InChI=1S/C19H16FN3O2/c1-12(24)13-2-4-17-14(8-13)6-7-23(17)19(25)9-16-11-22-10-15(20)3-5-18(22)21-16/h2-5,8,10-11H,6-7,9H2,1H3. The predicted molar refractivity (Wildman–Crippen MR) is 91.4 cm³/mol. The summed E-state index contributed by atoms with van der Waals surface area (Å²) in [5, 5.41) is 0. The van der Waals surface area contributed by atoms with E-state index in [-0.39, 0.29) is 23.9 Å². The quantitative estimate of drug-likeness (QED) is 0.691. The molecule has 0 aliphatic carbocycles. The zero-order chi connectivity index (χ0) is 17.6. The van der Waals surface area contributed by atoms with Gasteiger partial charge in [-0.1, -0.05) is 0 Å². The molecule has 126 valence electrons. The molecular weight excluding hydrogens is 321 g/mol. The first-order valence-electron chi connectivity index (χ1n) is 8.08. The van der Waals surface area contributed by atoms with E-state index in [9.17, 15) is 14.0 Å². The molecule has 5 nitrogen and oxygen atoms in total. The Morgan fingerprint density at radius 3 is 2.84 bits per heavy atom. The Balaban J connectivity index is 1.57. The van der Waals surface area contributed by atoms with Crippen molar-refractivity contribution in [3.05, 3.63) is 65.4 Å². The van der Waals surface area contributed by atoms with E-state index in [4.69, 9.17) is 0 Å². The van der Waals surface area contributed by atoms with Crippen molar-refractivity contribution in [3.8, 4) is 0 Å². The Labute approximate surface area is 143 Å². The van der Waals surface area contributed by atoms with Crippen molar-refractivity contribution < 1.29 is 14.0 Å². The van der Waals surface area contributed by atoms with Crippen LogP contribution in [0.25, 0.3) is 5.65 Å². The molecule has 1 aliphatic heterocycles. The highest BCUT2D eigenvalue weighted by molar-refractivity contribution is 5.99. The summed E-state index contributed by atoms with van der Waals surface area (Å²) in [7, 11) is 0. The molecular formula is C19H16FN3O2. The van der Waals surface area contributed by atoms with Crippen LogP contribution in [0.15, 0.2) is 42.7 Å². The third-order valence-electron chi connectivity index (χ3n) is 4.48. The van der Waals surface area contributed by atoms with Crippen molar-refractivity contribution in [1.29, 1.82) is 0 Å². The molecule has 0 saturated heterocycles. The highest BCUT2D eigenvalue weighted by Crippen LogP contribution is 2.29. The number of aromatic nitrogens is 2. The minimum atomic E-state index is -0.350. The molecule has 0 radical (unpaired) electrons. The summed E-state index contributed by atoms with van der Waals surface area (Å²) in [4.78, 5) is 30.3. The fourth-order valence-corrected chi connectivity index (χ4v) is 3.23. The number of pyridine rings is 1. The molecule has 0 spiro atoms. The normalized spacial score (nSPS) is 13.3. The first kappa shape index (κ1) is 15.5. The number of nitrogens with zero attached hydrogens (tertiary/aromatic N) is 3. The summed E-state index contributed by atoms with van der Waals surface area (Å²) in [6, 6.07) is 8.37. The second kappa shape index (κ2) is 5.81. The molecule has 3 aromatic rings. The van der Waals surface area contributed by atoms with Crippen molar-refractivity contribution in [1.82, 2.24) is 9.38 Å². The number of halogens is 1. The number of rotatable bonds is 3. The Kier molecular flexibility index (Phi) is 3.60. The number of Topliss-reactive ketones (excluding diaryl/α,β-unsaturated/α-hetero) is 1. The van der Waals surface area contributed by atoms with Crippen molar-refractivity contribution in [3.63, 3.8) is 0 Å². The number of hydrogen-bond acceptors (Lipinski definition) is 3. The summed E-state index contributed by atoms with van der Waals surface area (Å²) >= 11 is 0. The van der Waals surface area contributed by atoms with Crippen LogP contribution in [0.2, 0.25) is 0 Å². The van der Waals surface area contributed by atoms with Crippen LogP contribution in [-0.2, 0) is 17.6 Å². The molecule has 0 N–H and O–H groups in total. The number of anilines is 1. The lowest BCUT2D eigenvalue weighted by atomic mass is 10.1. The van der Waals surface area contributed by atoms with Crippen LogP contribution in [0.5, 0.6) is 0 Å². The smallest absolute Gasteiger partial charge is 0.233 e. The summed E-state index contributed by atoms with van der Waals surface area (Å²) in [5.41, 5.74) is 3.74. The molecule has 0 atom stereocenters. The lowest BCUT2D eigenvalue weighted by molar-refractivity contribution is -0.117. The summed E-state index contributed by atoms with van der Waals surface area (Å²) in [6.45, 7) is 2.13. The van der Waals surface area contributed by atoms with Crippen molar-refractivity contribution in [2.75, 3.05) is 11.4 Å². The van der Waals surface area contributed by atoms with Gasteiger partial charge in [0.1, 0.15) is 11.5 Å². The molecule has 4 rings (SSSR count). The maximum absolute atomic E-state index is 13.3. The van der Waals surface area contributed by atoms with Crippen LogP contribution in [0.1, 0.15) is 28.5 Å². The van der Waals surface area contributed by atoms with E-state index in [1.165, 1.54) is 19.2 Å².